The van der Waals surface area contributed by atoms with Crippen LogP contribution in [0, 0.1) is 13.8 Å². The molecule has 1 nitrogen and oxygen atoms in total. The molecule has 0 heterocycles. The molecule has 0 aliphatic heterocycles. The van der Waals surface area contributed by atoms with E-state index in [9.17, 15) is 0 Å². The Bertz CT molecular complexity index is 540. The zero-order chi connectivity index (χ0) is 13.8. The van der Waals surface area contributed by atoms with Gasteiger partial charge in [0.15, 0.2) is 0 Å². The second-order valence-electron chi connectivity index (χ2n) is 5.28. The van der Waals surface area contributed by atoms with E-state index in [1.165, 1.54) is 27.9 Å². The molecule has 0 aliphatic carbocycles. The van der Waals surface area contributed by atoms with Crippen LogP contribution in [-0.4, -0.2) is 0 Å². The zero-order valence-corrected chi connectivity index (χ0v) is 12.3. The summed E-state index contributed by atoms with van der Waals surface area (Å²) >= 11 is 0. The average molecular weight is 253 g/mol. The van der Waals surface area contributed by atoms with Crippen molar-refractivity contribution in [2.75, 3.05) is 5.32 Å². The van der Waals surface area contributed by atoms with E-state index in [1.54, 1.807) is 0 Å². The lowest BCUT2D eigenvalue weighted by Gasteiger charge is -2.18. The van der Waals surface area contributed by atoms with Gasteiger partial charge in [0.25, 0.3) is 0 Å². The zero-order valence-electron chi connectivity index (χ0n) is 12.3. The molecule has 1 heteroatoms. The summed E-state index contributed by atoms with van der Waals surface area (Å²) in [4.78, 5) is 0. The Morgan fingerprint density at radius 2 is 1.68 bits per heavy atom. The largest absolute Gasteiger partial charge is 0.378 e. The highest BCUT2D eigenvalue weighted by Gasteiger charge is 2.07. The molecule has 0 bridgehead atoms. The maximum atomic E-state index is 3.60. The fraction of sp³-hybridized carbons (Fsp3) is 0.333. The molecule has 0 amide bonds. The van der Waals surface area contributed by atoms with Gasteiger partial charge in [-0.05, 0) is 55.5 Å². The molecule has 0 spiro atoms. The number of nitrogens with one attached hydrogen (secondary N) is 1. The van der Waals surface area contributed by atoms with Crippen LogP contribution in [-0.2, 0) is 6.42 Å². The van der Waals surface area contributed by atoms with Gasteiger partial charge in [-0.15, -0.1) is 0 Å². The Hall–Kier alpha value is -1.76. The van der Waals surface area contributed by atoms with E-state index in [-0.39, 0.29) is 0 Å². The van der Waals surface area contributed by atoms with E-state index < -0.39 is 0 Å². The number of aryl methyl sites for hydroxylation is 3. The molecular formula is C18H23N. The Balaban J connectivity index is 2.15. The number of hydrogen-bond acceptors (Lipinski definition) is 1. The third-order valence-electron chi connectivity index (χ3n) is 3.65. The molecule has 0 fully saturated rings. The van der Waals surface area contributed by atoms with E-state index in [0.29, 0.717) is 6.04 Å². The van der Waals surface area contributed by atoms with Gasteiger partial charge < -0.3 is 5.32 Å². The summed E-state index contributed by atoms with van der Waals surface area (Å²) in [6.07, 6.45) is 1.10. The molecular weight excluding hydrogens is 230 g/mol. The lowest BCUT2D eigenvalue weighted by Crippen LogP contribution is -2.07. The molecule has 2 aromatic carbocycles. The molecule has 2 rings (SSSR count). The van der Waals surface area contributed by atoms with Crippen molar-refractivity contribution in [3.8, 4) is 0 Å². The van der Waals surface area contributed by atoms with Crippen LogP contribution in [0.5, 0.6) is 0 Å². The van der Waals surface area contributed by atoms with Gasteiger partial charge >= 0.3 is 0 Å². The molecule has 0 aromatic heterocycles. The predicted octanol–water partition coefficient (Wildman–Crippen LogP) is 5.04. The van der Waals surface area contributed by atoms with Crippen molar-refractivity contribution in [1.82, 2.24) is 0 Å². The van der Waals surface area contributed by atoms with E-state index in [1.807, 2.05) is 0 Å². The van der Waals surface area contributed by atoms with Crippen molar-refractivity contribution in [3.05, 3.63) is 64.7 Å². The average Bonchev–Trinajstić information content (AvgIpc) is 2.43. The van der Waals surface area contributed by atoms with Crippen molar-refractivity contribution in [3.63, 3.8) is 0 Å². The molecule has 1 N–H and O–H groups in total. The van der Waals surface area contributed by atoms with Gasteiger partial charge in [0.05, 0.1) is 0 Å². The predicted molar refractivity (Wildman–Crippen MR) is 83.8 cm³/mol. The smallest absolute Gasteiger partial charge is 0.0485 e. The Morgan fingerprint density at radius 3 is 2.32 bits per heavy atom. The second kappa shape index (κ2) is 5.92. The molecule has 2 aromatic rings. The highest BCUT2D eigenvalue weighted by Crippen LogP contribution is 2.23. The number of hydrogen-bond donors (Lipinski definition) is 1. The quantitative estimate of drug-likeness (QED) is 0.805. The Kier molecular flexibility index (Phi) is 4.26. The van der Waals surface area contributed by atoms with Crippen molar-refractivity contribution < 1.29 is 0 Å². The SMILES string of the molecule is CCc1ccc(C(C)Nc2cc(C)ccc2C)cc1. The molecule has 0 saturated carbocycles. The number of anilines is 1. The minimum Gasteiger partial charge on any atom is -0.378 e. The molecule has 1 unspecified atom stereocenters. The first-order valence-corrected chi connectivity index (χ1v) is 7.02. The molecule has 100 valence electrons. The molecule has 1 atom stereocenters. The van der Waals surface area contributed by atoms with Gasteiger partial charge in [0.2, 0.25) is 0 Å². The van der Waals surface area contributed by atoms with Crippen molar-refractivity contribution in [1.29, 1.82) is 0 Å². The minimum atomic E-state index is 0.325. The minimum absolute atomic E-state index is 0.325. The molecule has 0 radical (unpaired) electrons. The maximum Gasteiger partial charge on any atom is 0.0485 e. The fourth-order valence-corrected chi connectivity index (χ4v) is 2.25. The first-order chi connectivity index (χ1) is 9.10. The number of rotatable bonds is 4. The molecule has 0 saturated heterocycles. The van der Waals surface area contributed by atoms with Crippen LogP contribution in [0.15, 0.2) is 42.5 Å². The molecule has 19 heavy (non-hydrogen) atoms. The topological polar surface area (TPSA) is 12.0 Å². The van der Waals surface area contributed by atoms with E-state index in [0.717, 1.165) is 6.42 Å². The lowest BCUT2D eigenvalue weighted by molar-refractivity contribution is 0.880. The second-order valence-corrected chi connectivity index (χ2v) is 5.28. The van der Waals surface area contributed by atoms with E-state index in [2.05, 4.69) is 75.5 Å². The lowest BCUT2D eigenvalue weighted by atomic mass is 10.0. The Labute approximate surface area is 116 Å². The summed E-state index contributed by atoms with van der Waals surface area (Å²) in [7, 11) is 0. The summed E-state index contributed by atoms with van der Waals surface area (Å²) < 4.78 is 0. The van der Waals surface area contributed by atoms with E-state index >= 15 is 0 Å². The van der Waals surface area contributed by atoms with Gasteiger partial charge in [0.1, 0.15) is 0 Å². The summed E-state index contributed by atoms with van der Waals surface area (Å²) in [5.74, 6) is 0. The van der Waals surface area contributed by atoms with Gasteiger partial charge in [-0.2, -0.15) is 0 Å². The fourth-order valence-electron chi connectivity index (χ4n) is 2.25. The first kappa shape index (κ1) is 13.7. The van der Waals surface area contributed by atoms with Gasteiger partial charge in [-0.1, -0.05) is 43.3 Å². The van der Waals surface area contributed by atoms with Crippen LogP contribution in [0.4, 0.5) is 5.69 Å². The maximum absolute atomic E-state index is 3.60. The van der Waals surface area contributed by atoms with Gasteiger partial charge in [-0.25, -0.2) is 0 Å². The number of benzene rings is 2. The van der Waals surface area contributed by atoms with Crippen molar-refractivity contribution in [2.24, 2.45) is 0 Å². The monoisotopic (exact) mass is 253 g/mol. The van der Waals surface area contributed by atoms with Crippen LogP contribution in [0.2, 0.25) is 0 Å². The van der Waals surface area contributed by atoms with Gasteiger partial charge in [0, 0.05) is 11.7 Å². The molecule has 0 aliphatic rings. The summed E-state index contributed by atoms with van der Waals surface area (Å²) in [6, 6.07) is 15.8. The highest BCUT2D eigenvalue weighted by atomic mass is 14.9. The normalized spacial score (nSPS) is 12.2. The summed E-state index contributed by atoms with van der Waals surface area (Å²) in [5.41, 5.74) is 6.54. The standard InChI is InChI=1S/C18H23N/c1-5-16-8-10-17(11-9-16)15(4)19-18-12-13(2)6-7-14(18)3/h6-12,15,19H,5H2,1-4H3. The third kappa shape index (κ3) is 3.37. The van der Waals surface area contributed by atoms with Crippen LogP contribution in [0.3, 0.4) is 0 Å². The highest BCUT2D eigenvalue weighted by molar-refractivity contribution is 5.53. The van der Waals surface area contributed by atoms with Crippen molar-refractivity contribution >= 4 is 5.69 Å². The van der Waals surface area contributed by atoms with Crippen LogP contribution >= 0.6 is 0 Å². The van der Waals surface area contributed by atoms with Crippen LogP contribution in [0.25, 0.3) is 0 Å². The summed E-state index contributed by atoms with van der Waals surface area (Å²) in [5, 5.41) is 3.60. The third-order valence-corrected chi connectivity index (χ3v) is 3.65. The first-order valence-electron chi connectivity index (χ1n) is 7.02. The Morgan fingerprint density at radius 1 is 1.00 bits per heavy atom. The van der Waals surface area contributed by atoms with E-state index in [4.69, 9.17) is 0 Å². The summed E-state index contributed by atoms with van der Waals surface area (Å²) in [6.45, 7) is 8.68. The van der Waals surface area contributed by atoms with Crippen molar-refractivity contribution in [2.45, 2.75) is 40.2 Å². The van der Waals surface area contributed by atoms with Crippen LogP contribution in [0.1, 0.15) is 42.1 Å². The van der Waals surface area contributed by atoms with Gasteiger partial charge in [-0.3, -0.25) is 0 Å². The van der Waals surface area contributed by atoms with Crippen LogP contribution < -0.4 is 5.32 Å².